The quantitative estimate of drug-likeness (QED) is 0.715. The van der Waals surface area contributed by atoms with Gasteiger partial charge in [-0.3, -0.25) is 10.00 Å². The number of rotatable bonds is 5. The van der Waals surface area contributed by atoms with Gasteiger partial charge in [-0.25, -0.2) is 4.79 Å². The Balaban J connectivity index is 2.77. The molecule has 0 bridgehead atoms. The van der Waals surface area contributed by atoms with Crippen molar-refractivity contribution in [2.24, 2.45) is 7.05 Å². The SMILES string of the molecule is C#CC(CC)NCc1c(C(=O)O)cnn1C. The second-order valence-electron chi connectivity index (χ2n) is 3.44. The lowest BCUT2D eigenvalue weighted by molar-refractivity contribution is 0.0695. The van der Waals surface area contributed by atoms with Crippen molar-refractivity contribution in [2.45, 2.75) is 25.9 Å². The minimum Gasteiger partial charge on any atom is -0.478 e. The van der Waals surface area contributed by atoms with Crippen LogP contribution < -0.4 is 5.32 Å². The van der Waals surface area contributed by atoms with E-state index in [0.29, 0.717) is 12.2 Å². The summed E-state index contributed by atoms with van der Waals surface area (Å²) >= 11 is 0. The van der Waals surface area contributed by atoms with Crippen molar-refractivity contribution in [3.05, 3.63) is 17.5 Å². The summed E-state index contributed by atoms with van der Waals surface area (Å²) in [6, 6.07) is -0.0449. The van der Waals surface area contributed by atoms with Crippen LogP contribution in [0.5, 0.6) is 0 Å². The number of carboxylic acid groups (broad SMARTS) is 1. The van der Waals surface area contributed by atoms with Crippen molar-refractivity contribution in [3.8, 4) is 12.3 Å². The van der Waals surface area contributed by atoms with Crippen molar-refractivity contribution in [3.63, 3.8) is 0 Å². The van der Waals surface area contributed by atoms with Gasteiger partial charge in [0.15, 0.2) is 0 Å². The van der Waals surface area contributed by atoms with Crippen LogP contribution in [0.15, 0.2) is 6.20 Å². The number of hydrogen-bond donors (Lipinski definition) is 2. The van der Waals surface area contributed by atoms with E-state index in [1.165, 1.54) is 6.20 Å². The number of carbonyl (C=O) groups is 1. The zero-order chi connectivity index (χ0) is 12.1. The van der Waals surface area contributed by atoms with E-state index in [4.69, 9.17) is 11.5 Å². The van der Waals surface area contributed by atoms with Crippen LogP contribution in [-0.4, -0.2) is 26.9 Å². The molecular formula is C11H15N3O2. The first-order chi connectivity index (χ1) is 7.60. The third-order valence-corrected chi connectivity index (χ3v) is 2.42. The number of terminal acetylenes is 1. The lowest BCUT2D eigenvalue weighted by atomic mass is 10.2. The summed E-state index contributed by atoms with van der Waals surface area (Å²) in [7, 11) is 1.71. The minimum absolute atomic E-state index is 0.0449. The maximum Gasteiger partial charge on any atom is 0.339 e. The first-order valence-electron chi connectivity index (χ1n) is 5.03. The van der Waals surface area contributed by atoms with Gasteiger partial charge in [0.25, 0.3) is 0 Å². The molecule has 1 aromatic heterocycles. The van der Waals surface area contributed by atoms with E-state index in [9.17, 15) is 4.79 Å². The fraction of sp³-hybridized carbons (Fsp3) is 0.455. The van der Waals surface area contributed by atoms with Gasteiger partial charge in [0, 0.05) is 13.6 Å². The number of hydrogen-bond acceptors (Lipinski definition) is 3. The van der Waals surface area contributed by atoms with Gasteiger partial charge in [0.2, 0.25) is 0 Å². The Bertz CT molecular complexity index is 417. The molecular weight excluding hydrogens is 206 g/mol. The zero-order valence-electron chi connectivity index (χ0n) is 9.40. The fourth-order valence-electron chi connectivity index (χ4n) is 1.39. The van der Waals surface area contributed by atoms with Crippen LogP contribution in [0, 0.1) is 12.3 Å². The third-order valence-electron chi connectivity index (χ3n) is 2.42. The van der Waals surface area contributed by atoms with Gasteiger partial charge in [0.1, 0.15) is 5.56 Å². The molecule has 16 heavy (non-hydrogen) atoms. The summed E-state index contributed by atoms with van der Waals surface area (Å²) in [5.74, 6) is 1.62. The number of aromatic nitrogens is 2. The second kappa shape index (κ2) is 5.33. The first-order valence-corrected chi connectivity index (χ1v) is 5.03. The molecule has 5 nitrogen and oxygen atoms in total. The lowest BCUT2D eigenvalue weighted by Crippen LogP contribution is -2.28. The highest BCUT2D eigenvalue weighted by atomic mass is 16.4. The van der Waals surface area contributed by atoms with Gasteiger partial charge in [-0.1, -0.05) is 12.8 Å². The maximum absolute atomic E-state index is 10.9. The van der Waals surface area contributed by atoms with E-state index >= 15 is 0 Å². The minimum atomic E-state index is -0.973. The summed E-state index contributed by atoms with van der Waals surface area (Å²) in [5.41, 5.74) is 0.836. The molecule has 0 saturated carbocycles. The highest BCUT2D eigenvalue weighted by molar-refractivity contribution is 5.88. The monoisotopic (exact) mass is 221 g/mol. The molecule has 0 fully saturated rings. The van der Waals surface area contributed by atoms with Crippen LogP contribution in [0.4, 0.5) is 0 Å². The van der Waals surface area contributed by atoms with E-state index in [1.54, 1.807) is 11.7 Å². The average molecular weight is 221 g/mol. The smallest absolute Gasteiger partial charge is 0.339 e. The van der Waals surface area contributed by atoms with Crippen molar-refractivity contribution in [1.29, 1.82) is 0 Å². The van der Waals surface area contributed by atoms with Crippen molar-refractivity contribution in [2.75, 3.05) is 0 Å². The molecule has 0 saturated heterocycles. The van der Waals surface area contributed by atoms with Crippen LogP contribution in [0.1, 0.15) is 29.4 Å². The number of aromatic carboxylic acids is 1. The predicted octanol–water partition coefficient (Wildman–Crippen LogP) is 0.620. The Kier molecular flexibility index (Phi) is 4.09. The molecule has 0 aromatic carbocycles. The van der Waals surface area contributed by atoms with Crippen molar-refractivity contribution in [1.82, 2.24) is 15.1 Å². The third kappa shape index (κ3) is 2.61. The van der Waals surface area contributed by atoms with Gasteiger partial charge in [0.05, 0.1) is 17.9 Å². The number of nitrogens with zero attached hydrogens (tertiary/aromatic N) is 2. The molecule has 0 amide bonds. The molecule has 0 spiro atoms. The molecule has 2 N–H and O–H groups in total. The van der Waals surface area contributed by atoms with E-state index in [2.05, 4.69) is 16.3 Å². The van der Waals surface area contributed by atoms with Gasteiger partial charge in [-0.05, 0) is 6.42 Å². The standard InChI is InChI=1S/C11H15N3O2/c1-4-8(5-2)12-7-10-9(11(15)16)6-13-14(10)3/h1,6,8,12H,5,7H2,2-3H3,(H,15,16). The summed E-state index contributed by atoms with van der Waals surface area (Å²) in [6.07, 6.45) is 7.45. The van der Waals surface area contributed by atoms with E-state index in [0.717, 1.165) is 6.42 Å². The molecule has 1 rings (SSSR count). The van der Waals surface area contributed by atoms with Crippen LogP contribution in [0.3, 0.4) is 0 Å². The summed E-state index contributed by atoms with van der Waals surface area (Å²) in [6.45, 7) is 2.37. The van der Waals surface area contributed by atoms with Gasteiger partial charge < -0.3 is 5.11 Å². The average Bonchev–Trinajstić information content (AvgIpc) is 2.62. The maximum atomic E-state index is 10.9. The Morgan fingerprint density at radius 2 is 2.50 bits per heavy atom. The Labute approximate surface area is 94.5 Å². The molecule has 5 heteroatoms. The van der Waals surface area contributed by atoms with Crippen LogP contribution in [0.25, 0.3) is 0 Å². The number of carboxylic acids is 1. The molecule has 1 aromatic rings. The largest absolute Gasteiger partial charge is 0.478 e. The summed E-state index contributed by atoms with van der Waals surface area (Å²) in [4.78, 5) is 10.9. The fourth-order valence-corrected chi connectivity index (χ4v) is 1.39. The molecule has 0 radical (unpaired) electrons. The van der Waals surface area contributed by atoms with Crippen LogP contribution in [-0.2, 0) is 13.6 Å². The highest BCUT2D eigenvalue weighted by Crippen LogP contribution is 2.07. The molecule has 86 valence electrons. The number of aryl methyl sites for hydroxylation is 1. The Morgan fingerprint density at radius 1 is 1.81 bits per heavy atom. The molecule has 1 unspecified atom stereocenters. The second-order valence-corrected chi connectivity index (χ2v) is 3.44. The van der Waals surface area contributed by atoms with Gasteiger partial charge in [-0.15, -0.1) is 6.42 Å². The van der Waals surface area contributed by atoms with E-state index < -0.39 is 5.97 Å². The molecule has 0 aliphatic heterocycles. The van der Waals surface area contributed by atoms with Crippen molar-refractivity contribution >= 4 is 5.97 Å². The molecule has 0 aliphatic rings. The molecule has 1 atom stereocenters. The highest BCUT2D eigenvalue weighted by Gasteiger charge is 2.15. The topological polar surface area (TPSA) is 67.2 Å². The summed E-state index contributed by atoms with van der Waals surface area (Å²) < 4.78 is 1.54. The first kappa shape index (κ1) is 12.3. The van der Waals surface area contributed by atoms with Gasteiger partial charge in [-0.2, -0.15) is 5.10 Å². The Morgan fingerprint density at radius 3 is 3.00 bits per heavy atom. The van der Waals surface area contributed by atoms with E-state index in [-0.39, 0.29) is 11.6 Å². The Hall–Kier alpha value is -1.80. The molecule has 0 aliphatic carbocycles. The van der Waals surface area contributed by atoms with Crippen LogP contribution >= 0.6 is 0 Å². The van der Waals surface area contributed by atoms with Crippen molar-refractivity contribution < 1.29 is 9.90 Å². The van der Waals surface area contributed by atoms with Crippen LogP contribution in [0.2, 0.25) is 0 Å². The zero-order valence-corrected chi connectivity index (χ0v) is 9.40. The number of nitrogens with one attached hydrogen (secondary N) is 1. The summed E-state index contributed by atoms with van der Waals surface area (Å²) in [5, 5.41) is 15.9. The normalized spacial score (nSPS) is 12.1. The van der Waals surface area contributed by atoms with E-state index in [1.807, 2.05) is 6.92 Å². The molecule has 1 heterocycles. The van der Waals surface area contributed by atoms with Gasteiger partial charge >= 0.3 is 5.97 Å². The predicted molar refractivity (Wildman–Crippen MR) is 59.9 cm³/mol. The lowest BCUT2D eigenvalue weighted by Gasteiger charge is -2.11.